The molecule has 0 aromatic heterocycles. The maximum Gasteiger partial charge on any atom is 0.232 e. The van der Waals surface area contributed by atoms with Crippen LogP contribution in [0.4, 0.5) is 10.1 Å². The van der Waals surface area contributed by atoms with Crippen LogP contribution in [0, 0.1) is 11.2 Å². The van der Waals surface area contributed by atoms with Crippen molar-refractivity contribution in [3.63, 3.8) is 0 Å². The fourth-order valence-electron chi connectivity index (χ4n) is 4.33. The summed E-state index contributed by atoms with van der Waals surface area (Å²) in [6.45, 7) is 4.04. The summed E-state index contributed by atoms with van der Waals surface area (Å²) in [4.78, 5) is 27.9. The molecular weight excluding hydrogens is 377 g/mol. The summed E-state index contributed by atoms with van der Waals surface area (Å²) in [5.74, 6) is -1.08. The summed E-state index contributed by atoms with van der Waals surface area (Å²) >= 11 is 6.00. The first kappa shape index (κ1) is 18.9. The van der Waals surface area contributed by atoms with Gasteiger partial charge in [-0.05, 0) is 47.7 Å². The number of hydrogen-bond donors (Lipinski definition) is 0. The first-order chi connectivity index (χ1) is 13.3. The second-order valence-corrected chi connectivity index (χ2v) is 8.72. The summed E-state index contributed by atoms with van der Waals surface area (Å²) in [5, 5.41) is 0.576. The minimum Gasteiger partial charge on any atom is -0.294 e. The Morgan fingerprint density at radius 3 is 2.39 bits per heavy atom. The topological polar surface area (TPSA) is 37.4 Å². The predicted molar refractivity (Wildman–Crippen MR) is 108 cm³/mol. The number of carbonyl (C=O) groups is 2. The number of Topliss-reactive ketones (excluding diaryl/α,β-unsaturated/α-hetero) is 1. The van der Waals surface area contributed by atoms with Crippen molar-refractivity contribution in [1.82, 2.24) is 0 Å². The van der Waals surface area contributed by atoms with Gasteiger partial charge in [-0.15, -0.1) is 0 Å². The second kappa shape index (κ2) is 6.85. The number of rotatable bonds is 2. The number of anilines is 1. The number of allylic oxidation sites excluding steroid dienone is 2. The van der Waals surface area contributed by atoms with Gasteiger partial charge in [0.1, 0.15) is 5.82 Å². The molecule has 1 unspecified atom stereocenters. The SMILES string of the molecule is CC1(C)CC(=O)C2=C(C1)N(c1ccc(Cl)cc1)C(=O)CC2c1ccccc1F. The highest BCUT2D eigenvalue weighted by Gasteiger charge is 2.44. The number of nitrogens with zero attached hydrogens (tertiary/aromatic N) is 1. The molecule has 2 aromatic rings. The zero-order valence-electron chi connectivity index (χ0n) is 15.8. The highest BCUT2D eigenvalue weighted by Crippen LogP contribution is 2.48. The van der Waals surface area contributed by atoms with Gasteiger partial charge >= 0.3 is 0 Å². The molecule has 28 heavy (non-hydrogen) atoms. The molecule has 2 aliphatic rings. The van der Waals surface area contributed by atoms with Gasteiger partial charge in [0.05, 0.1) is 0 Å². The van der Waals surface area contributed by atoms with E-state index in [-0.39, 0.29) is 29.3 Å². The van der Waals surface area contributed by atoms with Crippen molar-refractivity contribution < 1.29 is 14.0 Å². The summed E-state index contributed by atoms with van der Waals surface area (Å²) in [5.41, 5.74) is 2.08. The summed E-state index contributed by atoms with van der Waals surface area (Å²) in [6.07, 6.45) is 1.03. The van der Waals surface area contributed by atoms with Crippen molar-refractivity contribution in [3.05, 3.63) is 76.2 Å². The lowest BCUT2D eigenvalue weighted by Gasteiger charge is -2.43. The van der Waals surface area contributed by atoms with E-state index in [1.54, 1.807) is 47.4 Å². The van der Waals surface area contributed by atoms with Crippen LogP contribution in [-0.4, -0.2) is 11.7 Å². The van der Waals surface area contributed by atoms with Crippen molar-refractivity contribution >= 4 is 29.0 Å². The molecule has 0 saturated carbocycles. The number of ketones is 1. The van der Waals surface area contributed by atoms with Gasteiger partial charge in [-0.2, -0.15) is 0 Å². The minimum atomic E-state index is -0.546. The molecule has 1 amide bonds. The quantitative estimate of drug-likeness (QED) is 0.657. The third kappa shape index (κ3) is 3.26. The van der Waals surface area contributed by atoms with Crippen LogP contribution in [-0.2, 0) is 9.59 Å². The van der Waals surface area contributed by atoms with Crippen LogP contribution in [0.25, 0.3) is 0 Å². The number of hydrogen-bond acceptors (Lipinski definition) is 2. The highest BCUT2D eigenvalue weighted by atomic mass is 35.5. The van der Waals surface area contributed by atoms with Gasteiger partial charge in [0, 0.05) is 40.7 Å². The van der Waals surface area contributed by atoms with Crippen molar-refractivity contribution in [2.24, 2.45) is 5.41 Å². The molecule has 1 aliphatic heterocycles. The Morgan fingerprint density at radius 2 is 1.71 bits per heavy atom. The number of benzene rings is 2. The van der Waals surface area contributed by atoms with Crippen LogP contribution in [0.15, 0.2) is 59.8 Å². The number of halogens is 2. The molecule has 0 fully saturated rings. The third-order valence-corrected chi connectivity index (χ3v) is 5.76. The molecule has 2 aromatic carbocycles. The van der Waals surface area contributed by atoms with Crippen LogP contribution in [0.2, 0.25) is 5.02 Å². The molecule has 144 valence electrons. The Hall–Kier alpha value is -2.46. The van der Waals surface area contributed by atoms with Gasteiger partial charge in [0.2, 0.25) is 5.91 Å². The summed E-state index contributed by atoms with van der Waals surface area (Å²) < 4.78 is 14.5. The molecule has 5 heteroatoms. The van der Waals surface area contributed by atoms with Gasteiger partial charge < -0.3 is 0 Å². The number of amides is 1. The van der Waals surface area contributed by atoms with E-state index in [2.05, 4.69) is 0 Å². The molecule has 0 spiro atoms. The van der Waals surface area contributed by atoms with E-state index in [0.29, 0.717) is 40.4 Å². The van der Waals surface area contributed by atoms with Crippen LogP contribution in [0.3, 0.4) is 0 Å². The van der Waals surface area contributed by atoms with Gasteiger partial charge in [-0.25, -0.2) is 4.39 Å². The second-order valence-electron chi connectivity index (χ2n) is 8.29. The molecule has 0 bridgehead atoms. The van der Waals surface area contributed by atoms with E-state index >= 15 is 0 Å². The van der Waals surface area contributed by atoms with Crippen molar-refractivity contribution in [3.8, 4) is 0 Å². The zero-order valence-corrected chi connectivity index (χ0v) is 16.6. The van der Waals surface area contributed by atoms with E-state index in [0.717, 1.165) is 0 Å². The van der Waals surface area contributed by atoms with Crippen LogP contribution in [0.1, 0.15) is 44.6 Å². The molecule has 1 atom stereocenters. The lowest BCUT2D eigenvalue weighted by atomic mass is 9.69. The third-order valence-electron chi connectivity index (χ3n) is 5.51. The van der Waals surface area contributed by atoms with Crippen LogP contribution in [0.5, 0.6) is 0 Å². The molecule has 0 N–H and O–H groups in total. The highest BCUT2D eigenvalue weighted by molar-refractivity contribution is 6.30. The van der Waals surface area contributed by atoms with Crippen molar-refractivity contribution in [1.29, 1.82) is 0 Å². The zero-order chi connectivity index (χ0) is 20.1. The van der Waals surface area contributed by atoms with Gasteiger partial charge in [0.15, 0.2) is 5.78 Å². The average Bonchev–Trinajstić information content (AvgIpc) is 2.61. The Labute approximate surface area is 168 Å². The van der Waals surface area contributed by atoms with Crippen molar-refractivity contribution in [2.45, 2.75) is 39.0 Å². The van der Waals surface area contributed by atoms with Gasteiger partial charge in [0.25, 0.3) is 0 Å². The average molecular weight is 398 g/mol. The molecular formula is C23H21ClFNO2. The maximum atomic E-state index is 14.5. The normalized spacial score (nSPS) is 21.7. The summed E-state index contributed by atoms with van der Waals surface area (Å²) in [7, 11) is 0. The molecule has 0 saturated heterocycles. The van der Waals surface area contributed by atoms with Crippen LogP contribution < -0.4 is 4.90 Å². The molecule has 3 nitrogen and oxygen atoms in total. The Kier molecular flexibility index (Phi) is 4.62. The molecule has 1 heterocycles. The maximum absolute atomic E-state index is 14.5. The number of carbonyl (C=O) groups excluding carboxylic acids is 2. The van der Waals surface area contributed by atoms with Crippen molar-refractivity contribution in [2.75, 3.05) is 4.90 Å². The standard InChI is InChI=1S/C23H21ClFNO2/c1-23(2)12-19-22(20(27)13-23)17(16-5-3-4-6-18(16)25)11-21(28)26(19)15-9-7-14(24)8-10-15/h3-10,17H,11-13H2,1-2H3. The first-order valence-corrected chi connectivity index (χ1v) is 9.74. The fourth-order valence-corrected chi connectivity index (χ4v) is 4.45. The fraction of sp³-hybridized carbons (Fsp3) is 0.304. The Bertz CT molecular complexity index is 994. The first-order valence-electron chi connectivity index (χ1n) is 9.36. The monoisotopic (exact) mass is 397 g/mol. The Balaban J connectivity index is 1.91. The van der Waals surface area contributed by atoms with E-state index in [1.165, 1.54) is 6.07 Å². The lowest BCUT2D eigenvalue weighted by molar-refractivity contribution is -0.121. The smallest absolute Gasteiger partial charge is 0.232 e. The lowest BCUT2D eigenvalue weighted by Crippen LogP contribution is -2.43. The van der Waals surface area contributed by atoms with E-state index < -0.39 is 5.92 Å². The molecule has 1 aliphatic carbocycles. The molecule has 4 rings (SSSR count). The minimum absolute atomic E-state index is 0.00836. The van der Waals surface area contributed by atoms with Gasteiger partial charge in [-0.1, -0.05) is 43.6 Å². The van der Waals surface area contributed by atoms with E-state index in [4.69, 9.17) is 11.6 Å². The van der Waals surface area contributed by atoms with Gasteiger partial charge in [-0.3, -0.25) is 14.5 Å². The van der Waals surface area contributed by atoms with E-state index in [1.807, 2.05) is 13.8 Å². The largest absolute Gasteiger partial charge is 0.294 e. The predicted octanol–water partition coefficient (Wildman–Crippen LogP) is 5.64. The summed E-state index contributed by atoms with van der Waals surface area (Å²) in [6, 6.07) is 13.4. The molecule has 0 radical (unpaired) electrons. The van der Waals surface area contributed by atoms with E-state index in [9.17, 15) is 14.0 Å². The van der Waals surface area contributed by atoms with Crippen LogP contribution >= 0.6 is 11.6 Å². The Morgan fingerprint density at radius 1 is 1.04 bits per heavy atom.